The molecule has 1 fully saturated rings. The lowest BCUT2D eigenvalue weighted by Crippen LogP contribution is -2.38. The molecule has 3 N–H and O–H groups in total. The van der Waals surface area contributed by atoms with Crippen LogP contribution in [-0.4, -0.2) is 29.1 Å². The average molecular weight is 342 g/mol. The number of hydrogen-bond donors (Lipinski definition) is 2. The summed E-state index contributed by atoms with van der Waals surface area (Å²) >= 11 is 0. The smallest absolute Gasteiger partial charge is 0.224 e. The summed E-state index contributed by atoms with van der Waals surface area (Å²) in [6.07, 6.45) is 6.63. The largest absolute Gasteiger partial charge is 0.497 e. The predicted octanol–water partition coefficient (Wildman–Crippen LogP) is 2.01. The van der Waals surface area contributed by atoms with Gasteiger partial charge in [0.1, 0.15) is 17.6 Å². The Balaban J connectivity index is 1.86. The van der Waals surface area contributed by atoms with Crippen molar-refractivity contribution in [3.8, 4) is 5.75 Å². The van der Waals surface area contributed by atoms with Crippen LogP contribution in [0.25, 0.3) is 0 Å². The van der Waals surface area contributed by atoms with Gasteiger partial charge in [0.2, 0.25) is 5.91 Å². The van der Waals surface area contributed by atoms with Gasteiger partial charge in [-0.15, -0.1) is 0 Å². The molecule has 1 aromatic carbocycles. The Hall–Kier alpha value is -2.34. The van der Waals surface area contributed by atoms with Gasteiger partial charge in [-0.25, -0.2) is 4.98 Å². The second-order valence-electron chi connectivity index (χ2n) is 6.64. The molecule has 2 aromatic rings. The number of carbonyl (C=O) groups excluding carboxylic acids is 1. The van der Waals surface area contributed by atoms with E-state index in [9.17, 15) is 4.79 Å². The number of ether oxygens (including phenoxy) is 1. The van der Waals surface area contributed by atoms with Crippen molar-refractivity contribution >= 4 is 5.91 Å². The van der Waals surface area contributed by atoms with Crippen LogP contribution in [0.3, 0.4) is 0 Å². The lowest BCUT2D eigenvalue weighted by molar-refractivity contribution is -0.126. The lowest BCUT2D eigenvalue weighted by Gasteiger charge is -2.23. The molecular weight excluding hydrogens is 316 g/mol. The monoisotopic (exact) mass is 342 g/mol. The van der Waals surface area contributed by atoms with Crippen LogP contribution in [0.15, 0.2) is 36.7 Å². The van der Waals surface area contributed by atoms with Crippen molar-refractivity contribution < 1.29 is 9.53 Å². The van der Waals surface area contributed by atoms with Crippen LogP contribution in [-0.2, 0) is 11.8 Å². The zero-order valence-electron chi connectivity index (χ0n) is 14.8. The summed E-state index contributed by atoms with van der Waals surface area (Å²) in [7, 11) is 3.57. The highest BCUT2D eigenvalue weighted by atomic mass is 16.5. The van der Waals surface area contributed by atoms with Crippen LogP contribution in [0.1, 0.15) is 36.7 Å². The number of nitrogens with two attached hydrogens (primary N) is 1. The molecule has 1 heterocycles. The van der Waals surface area contributed by atoms with E-state index in [2.05, 4.69) is 10.3 Å². The SMILES string of the molecule is COc1ccc(C(NC(=O)[C@@H]2CCC[C@@H]2CN)c2nccn2C)cc1. The summed E-state index contributed by atoms with van der Waals surface area (Å²) in [6, 6.07) is 7.43. The number of aromatic nitrogens is 2. The molecule has 0 bridgehead atoms. The fraction of sp³-hybridized carbons (Fsp3) is 0.474. The maximum absolute atomic E-state index is 12.9. The van der Waals surface area contributed by atoms with Crippen LogP contribution in [0.5, 0.6) is 5.75 Å². The van der Waals surface area contributed by atoms with Gasteiger partial charge >= 0.3 is 0 Å². The highest BCUT2D eigenvalue weighted by Gasteiger charge is 2.34. The lowest BCUT2D eigenvalue weighted by atomic mass is 9.94. The first-order valence-corrected chi connectivity index (χ1v) is 8.75. The summed E-state index contributed by atoms with van der Waals surface area (Å²) < 4.78 is 7.17. The van der Waals surface area contributed by atoms with Gasteiger partial charge in [-0.1, -0.05) is 18.6 Å². The second-order valence-corrected chi connectivity index (χ2v) is 6.64. The number of carbonyl (C=O) groups is 1. The third kappa shape index (κ3) is 3.69. The molecule has 6 heteroatoms. The zero-order chi connectivity index (χ0) is 17.8. The molecule has 134 valence electrons. The number of imidazole rings is 1. The quantitative estimate of drug-likeness (QED) is 0.841. The van der Waals surface area contributed by atoms with Gasteiger partial charge in [0.05, 0.1) is 7.11 Å². The standard InChI is InChI=1S/C19H26N4O2/c1-23-11-10-21-18(23)17(13-6-8-15(25-2)9-7-13)22-19(24)16-5-3-4-14(16)12-20/h6-11,14,16-17H,3-5,12,20H2,1-2H3,(H,22,24)/t14-,16-,17?/m1/s1. The van der Waals surface area contributed by atoms with Gasteiger partial charge < -0.3 is 20.4 Å². The summed E-state index contributed by atoms with van der Waals surface area (Å²) in [5, 5.41) is 3.20. The molecule has 1 saturated carbocycles. The van der Waals surface area contributed by atoms with Gasteiger partial charge in [0, 0.05) is 25.4 Å². The minimum atomic E-state index is -0.294. The predicted molar refractivity (Wildman–Crippen MR) is 96.1 cm³/mol. The van der Waals surface area contributed by atoms with Crippen molar-refractivity contribution in [3.63, 3.8) is 0 Å². The molecule has 0 saturated heterocycles. The minimum Gasteiger partial charge on any atom is -0.497 e. The van der Waals surface area contributed by atoms with Crippen LogP contribution in [0.4, 0.5) is 0 Å². The highest BCUT2D eigenvalue weighted by Crippen LogP contribution is 2.32. The van der Waals surface area contributed by atoms with E-state index in [1.54, 1.807) is 13.3 Å². The molecule has 1 aliphatic carbocycles. The number of nitrogens with one attached hydrogen (secondary N) is 1. The highest BCUT2D eigenvalue weighted by molar-refractivity contribution is 5.80. The fourth-order valence-electron chi connectivity index (χ4n) is 3.66. The van der Waals surface area contributed by atoms with Crippen molar-refractivity contribution in [1.82, 2.24) is 14.9 Å². The maximum atomic E-state index is 12.9. The van der Waals surface area contributed by atoms with Gasteiger partial charge in [-0.2, -0.15) is 0 Å². The Kier molecular flexibility index (Phi) is 5.38. The molecule has 6 nitrogen and oxygen atoms in total. The van der Waals surface area contributed by atoms with E-state index in [-0.39, 0.29) is 23.8 Å². The summed E-state index contributed by atoms with van der Waals surface area (Å²) in [4.78, 5) is 17.3. The van der Waals surface area contributed by atoms with Crippen LogP contribution >= 0.6 is 0 Å². The summed E-state index contributed by atoms with van der Waals surface area (Å²) in [5.41, 5.74) is 6.82. The minimum absolute atomic E-state index is 0.00832. The van der Waals surface area contributed by atoms with Gasteiger partial charge in [-0.3, -0.25) is 4.79 Å². The van der Waals surface area contributed by atoms with Crippen molar-refractivity contribution in [2.75, 3.05) is 13.7 Å². The number of benzene rings is 1. The molecule has 0 aliphatic heterocycles. The molecule has 0 spiro atoms. The first-order chi connectivity index (χ1) is 12.1. The number of amides is 1. The van der Waals surface area contributed by atoms with Crippen molar-refractivity contribution in [2.45, 2.75) is 25.3 Å². The third-order valence-electron chi connectivity index (χ3n) is 5.15. The summed E-state index contributed by atoms with van der Waals surface area (Å²) in [5.74, 6) is 1.93. The average Bonchev–Trinajstić information content (AvgIpc) is 3.28. The molecule has 3 atom stereocenters. The van der Waals surface area contributed by atoms with Crippen molar-refractivity contribution in [2.24, 2.45) is 24.6 Å². The number of methoxy groups -OCH3 is 1. The first kappa shape index (κ1) is 17.5. The van der Waals surface area contributed by atoms with Gasteiger partial charge in [-0.05, 0) is 43.0 Å². The Morgan fingerprint density at radius 2 is 2.16 bits per heavy atom. The van der Waals surface area contributed by atoms with Crippen molar-refractivity contribution in [1.29, 1.82) is 0 Å². The Morgan fingerprint density at radius 3 is 2.76 bits per heavy atom. The van der Waals surface area contributed by atoms with E-state index in [4.69, 9.17) is 10.5 Å². The second kappa shape index (κ2) is 7.70. The molecule has 0 radical (unpaired) electrons. The molecule has 1 aliphatic rings. The van der Waals surface area contributed by atoms with E-state index < -0.39 is 0 Å². The normalized spacial score (nSPS) is 21.1. The zero-order valence-corrected chi connectivity index (χ0v) is 14.8. The Bertz CT molecular complexity index is 710. The molecule has 1 aromatic heterocycles. The van der Waals surface area contributed by atoms with E-state index >= 15 is 0 Å². The van der Waals surface area contributed by atoms with Gasteiger partial charge in [0.25, 0.3) is 0 Å². The number of nitrogens with zero attached hydrogens (tertiary/aromatic N) is 2. The topological polar surface area (TPSA) is 82.2 Å². The van der Waals surface area contributed by atoms with Crippen molar-refractivity contribution in [3.05, 3.63) is 48.0 Å². The molecule has 1 amide bonds. The van der Waals surface area contributed by atoms with Crippen LogP contribution < -0.4 is 15.8 Å². The van der Waals surface area contributed by atoms with E-state index in [0.717, 1.165) is 36.4 Å². The number of rotatable bonds is 6. The number of aryl methyl sites for hydroxylation is 1. The van der Waals surface area contributed by atoms with Crippen LogP contribution in [0, 0.1) is 11.8 Å². The Morgan fingerprint density at radius 1 is 1.40 bits per heavy atom. The summed E-state index contributed by atoms with van der Waals surface area (Å²) in [6.45, 7) is 0.563. The first-order valence-electron chi connectivity index (χ1n) is 8.75. The number of hydrogen-bond acceptors (Lipinski definition) is 4. The van der Waals surface area contributed by atoms with Gasteiger partial charge in [0.15, 0.2) is 0 Å². The van der Waals surface area contributed by atoms with Crippen LogP contribution in [0.2, 0.25) is 0 Å². The molecule has 3 rings (SSSR count). The molecule has 25 heavy (non-hydrogen) atoms. The Labute approximate surface area is 148 Å². The molecular formula is C19H26N4O2. The van der Waals surface area contributed by atoms with E-state index in [1.807, 2.05) is 42.1 Å². The maximum Gasteiger partial charge on any atom is 0.224 e. The van der Waals surface area contributed by atoms with E-state index in [0.29, 0.717) is 6.54 Å². The third-order valence-corrected chi connectivity index (χ3v) is 5.15. The van der Waals surface area contributed by atoms with E-state index in [1.165, 1.54) is 0 Å². The fourth-order valence-corrected chi connectivity index (χ4v) is 3.66. The molecule has 1 unspecified atom stereocenters.